The maximum atomic E-state index is 13.3. The molecule has 0 spiro atoms. The molecule has 4 nitrogen and oxygen atoms in total. The SMILES string of the molecule is O=C1C(=CC2=CCC(N(c3ccc4ccccc4c3)c3ccccn3)S2)C(=O)c2cc3ccccc3cc21. The first-order valence-corrected chi connectivity index (χ1v) is 13.4. The van der Waals surface area contributed by atoms with Crippen LogP contribution in [0.2, 0.25) is 0 Å². The number of fused-ring (bicyclic) bond motifs is 3. The molecule has 0 N–H and O–H groups in total. The minimum atomic E-state index is -0.197. The quantitative estimate of drug-likeness (QED) is 0.182. The fourth-order valence-corrected chi connectivity index (χ4v) is 6.49. The van der Waals surface area contributed by atoms with Gasteiger partial charge in [0, 0.05) is 27.9 Å². The lowest BCUT2D eigenvalue weighted by Crippen LogP contribution is -2.27. The van der Waals surface area contributed by atoms with E-state index in [9.17, 15) is 9.59 Å². The highest BCUT2D eigenvalue weighted by Gasteiger charge is 2.35. The fourth-order valence-electron chi connectivity index (χ4n) is 5.27. The van der Waals surface area contributed by atoms with E-state index in [-0.39, 0.29) is 22.5 Å². The number of hydrogen-bond acceptors (Lipinski definition) is 5. The van der Waals surface area contributed by atoms with Crippen LogP contribution in [0.25, 0.3) is 21.5 Å². The zero-order chi connectivity index (χ0) is 25.6. The average Bonchev–Trinajstić information content (AvgIpc) is 3.51. The molecule has 1 aromatic heterocycles. The predicted octanol–water partition coefficient (Wildman–Crippen LogP) is 7.88. The second kappa shape index (κ2) is 9.12. The van der Waals surface area contributed by atoms with E-state index in [1.165, 1.54) is 5.39 Å². The Labute approximate surface area is 224 Å². The predicted molar refractivity (Wildman–Crippen MR) is 155 cm³/mol. The van der Waals surface area contributed by atoms with E-state index in [0.29, 0.717) is 11.1 Å². The molecule has 0 fully saturated rings. The number of rotatable bonds is 4. The third-order valence-corrected chi connectivity index (χ3v) is 8.37. The number of carbonyl (C=O) groups is 2. The number of hydrogen-bond donors (Lipinski definition) is 0. The van der Waals surface area contributed by atoms with Gasteiger partial charge in [0.05, 0.1) is 10.9 Å². The van der Waals surface area contributed by atoms with Crippen molar-refractivity contribution in [3.05, 3.63) is 137 Å². The molecule has 1 aliphatic heterocycles. The van der Waals surface area contributed by atoms with Crippen molar-refractivity contribution in [3.8, 4) is 0 Å². The van der Waals surface area contributed by atoms with Crippen LogP contribution in [0.15, 0.2) is 126 Å². The number of aromatic nitrogens is 1. The number of pyridine rings is 1. The lowest BCUT2D eigenvalue weighted by molar-refractivity contribution is 0.0988. The van der Waals surface area contributed by atoms with Crippen LogP contribution in [0.1, 0.15) is 27.1 Å². The smallest absolute Gasteiger partial charge is 0.197 e. The monoisotopic (exact) mass is 510 g/mol. The molecule has 5 aromatic rings. The molecule has 0 amide bonds. The van der Waals surface area contributed by atoms with Gasteiger partial charge < -0.3 is 4.90 Å². The largest absolute Gasteiger partial charge is 0.313 e. The van der Waals surface area contributed by atoms with Crippen molar-refractivity contribution in [1.82, 2.24) is 4.98 Å². The van der Waals surface area contributed by atoms with Crippen LogP contribution in [0, 0.1) is 0 Å². The Morgan fingerprint density at radius 2 is 1.37 bits per heavy atom. The molecule has 2 aliphatic rings. The Morgan fingerprint density at radius 3 is 2.03 bits per heavy atom. The van der Waals surface area contributed by atoms with Gasteiger partial charge in [-0.1, -0.05) is 66.7 Å². The van der Waals surface area contributed by atoms with Gasteiger partial charge in [0.25, 0.3) is 0 Å². The minimum Gasteiger partial charge on any atom is -0.313 e. The Bertz CT molecular complexity index is 1770. The normalized spacial score (nSPS) is 16.7. The van der Waals surface area contributed by atoms with E-state index in [2.05, 4.69) is 46.3 Å². The summed E-state index contributed by atoms with van der Waals surface area (Å²) in [6.07, 6.45) is 6.44. The molecule has 182 valence electrons. The Morgan fingerprint density at radius 1 is 0.737 bits per heavy atom. The number of Topliss-reactive ketones (excluding diaryl/α,β-unsaturated/α-hetero) is 2. The van der Waals surface area contributed by atoms with E-state index >= 15 is 0 Å². The highest BCUT2D eigenvalue weighted by molar-refractivity contribution is 8.04. The summed E-state index contributed by atoms with van der Waals surface area (Å²) in [5, 5.41) is 4.31. The summed E-state index contributed by atoms with van der Waals surface area (Å²) in [6.45, 7) is 0. The lowest BCUT2D eigenvalue weighted by Gasteiger charge is -2.30. The van der Waals surface area contributed by atoms with Crippen LogP contribution in [-0.2, 0) is 0 Å². The van der Waals surface area contributed by atoms with E-state index in [4.69, 9.17) is 0 Å². The summed E-state index contributed by atoms with van der Waals surface area (Å²) >= 11 is 1.65. The maximum Gasteiger partial charge on any atom is 0.197 e. The van der Waals surface area contributed by atoms with Crippen LogP contribution < -0.4 is 4.90 Å². The van der Waals surface area contributed by atoms with Gasteiger partial charge in [-0.05, 0) is 70.4 Å². The van der Waals surface area contributed by atoms with Gasteiger partial charge in [-0.15, -0.1) is 11.8 Å². The van der Waals surface area contributed by atoms with Crippen LogP contribution >= 0.6 is 11.8 Å². The molecular weight excluding hydrogens is 488 g/mol. The number of nitrogens with zero attached hydrogens (tertiary/aromatic N) is 2. The van der Waals surface area contributed by atoms with E-state index in [1.54, 1.807) is 24.0 Å². The fraction of sp³-hybridized carbons (Fsp3) is 0.0606. The molecule has 2 heterocycles. The third kappa shape index (κ3) is 3.83. The van der Waals surface area contributed by atoms with Crippen molar-refractivity contribution >= 4 is 56.4 Å². The molecule has 4 aromatic carbocycles. The second-order valence-corrected chi connectivity index (χ2v) is 10.7. The molecule has 0 saturated carbocycles. The number of benzene rings is 4. The Kier molecular flexibility index (Phi) is 5.45. The minimum absolute atomic E-state index is 0.0366. The zero-order valence-electron chi connectivity index (χ0n) is 20.4. The van der Waals surface area contributed by atoms with Gasteiger partial charge >= 0.3 is 0 Å². The molecule has 38 heavy (non-hydrogen) atoms. The number of allylic oxidation sites excluding steroid dienone is 2. The lowest BCUT2D eigenvalue weighted by atomic mass is 10.0. The summed E-state index contributed by atoms with van der Waals surface area (Å²) in [5.74, 6) is 0.461. The van der Waals surface area contributed by atoms with Crippen molar-refractivity contribution in [2.24, 2.45) is 0 Å². The number of anilines is 2. The first-order valence-electron chi connectivity index (χ1n) is 12.6. The summed E-state index contributed by atoms with van der Waals surface area (Å²) in [5.41, 5.74) is 2.27. The highest BCUT2D eigenvalue weighted by Crippen LogP contribution is 2.43. The Balaban J connectivity index is 1.21. The third-order valence-electron chi connectivity index (χ3n) is 7.14. The van der Waals surface area contributed by atoms with Crippen LogP contribution in [0.3, 0.4) is 0 Å². The summed E-state index contributed by atoms with van der Waals surface area (Å²) < 4.78 is 0. The summed E-state index contributed by atoms with van der Waals surface area (Å²) in [4.78, 5) is 34.4. The number of carbonyl (C=O) groups excluding carboxylic acids is 2. The molecule has 0 bridgehead atoms. The average molecular weight is 511 g/mol. The molecule has 0 radical (unpaired) electrons. The summed E-state index contributed by atoms with van der Waals surface area (Å²) in [6, 6.07) is 32.2. The number of thioether (sulfide) groups is 1. The maximum absolute atomic E-state index is 13.3. The Hall–Kier alpha value is -4.48. The van der Waals surface area contributed by atoms with Crippen molar-refractivity contribution in [3.63, 3.8) is 0 Å². The van der Waals surface area contributed by atoms with Crippen LogP contribution in [-0.4, -0.2) is 21.9 Å². The molecule has 5 heteroatoms. The van der Waals surface area contributed by atoms with Gasteiger partial charge in [-0.25, -0.2) is 4.98 Å². The standard InChI is InChI=1S/C33H22N2O2S/c36-32-27-18-23-9-3-4-10-24(23)19-28(27)33(37)29(32)20-26-14-15-31(38-26)35(30-11-5-6-16-34-30)25-13-12-21-7-1-2-8-22(21)17-25/h1-14,16-20,31H,15H2. The second-order valence-electron chi connectivity index (χ2n) is 9.47. The summed E-state index contributed by atoms with van der Waals surface area (Å²) in [7, 11) is 0. The number of ketones is 2. The van der Waals surface area contributed by atoms with Crippen molar-refractivity contribution in [2.45, 2.75) is 11.8 Å². The molecule has 7 rings (SSSR count). The van der Waals surface area contributed by atoms with Gasteiger partial charge in [0.2, 0.25) is 0 Å². The van der Waals surface area contributed by atoms with Crippen molar-refractivity contribution < 1.29 is 9.59 Å². The van der Waals surface area contributed by atoms with E-state index in [1.807, 2.05) is 66.7 Å². The van der Waals surface area contributed by atoms with Gasteiger partial charge in [0.15, 0.2) is 11.6 Å². The van der Waals surface area contributed by atoms with Crippen LogP contribution in [0.4, 0.5) is 11.5 Å². The van der Waals surface area contributed by atoms with E-state index < -0.39 is 0 Å². The van der Waals surface area contributed by atoms with Gasteiger partial charge in [0.1, 0.15) is 5.82 Å². The van der Waals surface area contributed by atoms with Crippen LogP contribution in [0.5, 0.6) is 0 Å². The molecular formula is C33H22N2O2S. The highest BCUT2D eigenvalue weighted by atomic mass is 32.2. The van der Waals surface area contributed by atoms with Crippen molar-refractivity contribution in [2.75, 3.05) is 4.90 Å². The van der Waals surface area contributed by atoms with Crippen molar-refractivity contribution in [1.29, 1.82) is 0 Å². The zero-order valence-corrected chi connectivity index (χ0v) is 21.2. The van der Waals surface area contributed by atoms with E-state index in [0.717, 1.165) is 39.0 Å². The van der Waals surface area contributed by atoms with Gasteiger partial charge in [-0.2, -0.15) is 0 Å². The molecule has 1 unspecified atom stereocenters. The first kappa shape index (κ1) is 22.7. The molecule has 0 saturated heterocycles. The molecule has 1 aliphatic carbocycles. The topological polar surface area (TPSA) is 50.3 Å². The first-order chi connectivity index (χ1) is 18.7. The molecule has 1 atom stereocenters. The van der Waals surface area contributed by atoms with Gasteiger partial charge in [-0.3, -0.25) is 9.59 Å².